The number of phenols is 1. The average molecular weight is 211 g/mol. The lowest BCUT2D eigenvalue weighted by Gasteiger charge is -2.00. The third-order valence-corrected chi connectivity index (χ3v) is 1.86. The number of fused-ring (bicyclic) bond motifs is 1. The minimum atomic E-state index is -0.763. The number of benzene rings is 1. The molecule has 78 valence electrons. The molecule has 8 heteroatoms. The van der Waals surface area contributed by atoms with Gasteiger partial charge in [-0.2, -0.15) is 0 Å². The SMILES string of the molecule is COc1cc(O)c([N+](=O)[O-])c2nonc12. The number of hydrogen-bond acceptors (Lipinski definition) is 7. The first kappa shape index (κ1) is 9.19. The molecule has 0 unspecified atom stereocenters. The third kappa shape index (κ3) is 1.23. The van der Waals surface area contributed by atoms with Crippen molar-refractivity contribution in [2.75, 3.05) is 7.11 Å². The molecule has 8 nitrogen and oxygen atoms in total. The van der Waals surface area contributed by atoms with Crippen LogP contribution >= 0.6 is 0 Å². The molecule has 0 fully saturated rings. The Balaban J connectivity index is 2.87. The van der Waals surface area contributed by atoms with Crippen LogP contribution < -0.4 is 4.74 Å². The number of methoxy groups -OCH3 is 1. The van der Waals surface area contributed by atoms with Crippen LogP contribution in [0.3, 0.4) is 0 Å². The fraction of sp³-hybridized carbons (Fsp3) is 0.143. The number of phenolic OH excluding ortho intramolecular Hbond substituents is 1. The van der Waals surface area contributed by atoms with Crippen molar-refractivity contribution >= 4 is 16.7 Å². The lowest BCUT2D eigenvalue weighted by Crippen LogP contribution is -1.92. The quantitative estimate of drug-likeness (QED) is 0.578. The molecule has 1 aromatic carbocycles. The standard InChI is InChI=1S/C7H5N3O5/c1-14-4-2-3(11)7(10(12)13)6-5(4)8-15-9-6/h2,11H,1H3. The summed E-state index contributed by atoms with van der Waals surface area (Å²) in [5, 5.41) is 26.8. The lowest BCUT2D eigenvalue weighted by atomic mass is 10.2. The van der Waals surface area contributed by atoms with Gasteiger partial charge in [0.15, 0.2) is 11.3 Å². The van der Waals surface area contributed by atoms with Gasteiger partial charge in [-0.05, 0) is 10.3 Å². The summed E-state index contributed by atoms with van der Waals surface area (Å²) in [6.07, 6.45) is 0. The topological polar surface area (TPSA) is 112 Å². The fourth-order valence-electron chi connectivity index (χ4n) is 1.22. The van der Waals surface area contributed by atoms with Crippen LogP contribution in [0.4, 0.5) is 5.69 Å². The van der Waals surface area contributed by atoms with E-state index in [-0.39, 0.29) is 16.8 Å². The summed E-state index contributed by atoms with van der Waals surface area (Å²) in [6.45, 7) is 0. The van der Waals surface area contributed by atoms with Gasteiger partial charge in [-0.3, -0.25) is 10.1 Å². The smallest absolute Gasteiger partial charge is 0.342 e. The maximum Gasteiger partial charge on any atom is 0.342 e. The first-order valence-corrected chi connectivity index (χ1v) is 3.81. The minimum Gasteiger partial charge on any atom is -0.502 e. The number of aromatic nitrogens is 2. The van der Waals surface area contributed by atoms with Crippen molar-refractivity contribution in [3.63, 3.8) is 0 Å². The molecule has 0 radical (unpaired) electrons. The van der Waals surface area contributed by atoms with Gasteiger partial charge in [-0.1, -0.05) is 0 Å². The van der Waals surface area contributed by atoms with Crippen molar-refractivity contribution in [2.45, 2.75) is 0 Å². The van der Waals surface area contributed by atoms with E-state index < -0.39 is 16.4 Å². The Bertz CT molecular complexity index is 535. The van der Waals surface area contributed by atoms with Crippen LogP contribution in [0.5, 0.6) is 11.5 Å². The predicted molar refractivity (Wildman–Crippen MR) is 46.7 cm³/mol. The van der Waals surface area contributed by atoms with Crippen LogP contribution in [0, 0.1) is 10.1 Å². The highest BCUT2D eigenvalue weighted by Gasteiger charge is 2.25. The third-order valence-electron chi connectivity index (χ3n) is 1.86. The highest BCUT2D eigenvalue weighted by Crippen LogP contribution is 2.38. The maximum absolute atomic E-state index is 10.6. The zero-order valence-electron chi connectivity index (χ0n) is 7.50. The van der Waals surface area contributed by atoms with Gasteiger partial charge in [0.25, 0.3) is 0 Å². The number of rotatable bonds is 2. The van der Waals surface area contributed by atoms with Crippen LogP contribution in [0.2, 0.25) is 0 Å². The number of nitro groups is 1. The van der Waals surface area contributed by atoms with Crippen LogP contribution in [0.25, 0.3) is 11.0 Å². The second kappa shape index (κ2) is 3.08. The average Bonchev–Trinajstić information content (AvgIpc) is 2.63. The first-order chi connectivity index (χ1) is 7.15. The largest absolute Gasteiger partial charge is 0.502 e. The van der Waals surface area contributed by atoms with Gasteiger partial charge < -0.3 is 9.84 Å². The molecule has 0 atom stereocenters. The Morgan fingerprint density at radius 1 is 1.53 bits per heavy atom. The Kier molecular flexibility index (Phi) is 1.89. The Labute approximate surface area is 82.2 Å². The molecule has 0 bridgehead atoms. The minimum absolute atomic E-state index is 0.0991. The van der Waals surface area contributed by atoms with Crippen LogP contribution in [-0.4, -0.2) is 27.5 Å². The first-order valence-electron chi connectivity index (χ1n) is 3.81. The molecule has 0 aliphatic rings. The van der Waals surface area contributed by atoms with Crippen molar-refractivity contribution in [1.82, 2.24) is 10.3 Å². The van der Waals surface area contributed by atoms with E-state index in [1.165, 1.54) is 7.11 Å². The second-order valence-corrected chi connectivity index (χ2v) is 2.67. The Morgan fingerprint density at radius 3 is 2.80 bits per heavy atom. The molecule has 1 N–H and O–H groups in total. The van der Waals surface area contributed by atoms with E-state index >= 15 is 0 Å². The van der Waals surface area contributed by atoms with Crippen molar-refractivity contribution in [3.8, 4) is 11.5 Å². The number of aromatic hydroxyl groups is 1. The summed E-state index contributed by atoms with van der Waals surface area (Å²) < 4.78 is 9.21. The summed E-state index contributed by atoms with van der Waals surface area (Å²) in [5.74, 6) is -0.380. The predicted octanol–water partition coefficient (Wildman–Crippen LogP) is 0.845. The summed E-state index contributed by atoms with van der Waals surface area (Å²) in [6, 6.07) is 1.09. The van der Waals surface area contributed by atoms with E-state index in [0.29, 0.717) is 0 Å². The molecule has 0 saturated heterocycles. The van der Waals surface area contributed by atoms with Crippen molar-refractivity contribution in [1.29, 1.82) is 0 Å². The maximum atomic E-state index is 10.6. The van der Waals surface area contributed by atoms with Gasteiger partial charge in [0.2, 0.25) is 11.3 Å². The van der Waals surface area contributed by atoms with Crippen LogP contribution in [-0.2, 0) is 0 Å². The second-order valence-electron chi connectivity index (χ2n) is 2.67. The summed E-state index contributed by atoms with van der Waals surface area (Å²) in [4.78, 5) is 9.87. The monoisotopic (exact) mass is 211 g/mol. The van der Waals surface area contributed by atoms with Gasteiger partial charge in [0.1, 0.15) is 0 Å². The van der Waals surface area contributed by atoms with Gasteiger partial charge in [-0.15, -0.1) is 0 Å². The number of nitro benzene ring substituents is 1. The van der Waals surface area contributed by atoms with Crippen LogP contribution in [0.15, 0.2) is 10.7 Å². The highest BCUT2D eigenvalue weighted by molar-refractivity contribution is 5.91. The van der Waals surface area contributed by atoms with E-state index in [1.807, 2.05) is 0 Å². The van der Waals surface area contributed by atoms with Gasteiger partial charge in [-0.25, -0.2) is 4.63 Å². The molecular weight excluding hydrogens is 206 g/mol. The van der Waals surface area contributed by atoms with E-state index in [1.54, 1.807) is 0 Å². The molecule has 2 rings (SSSR count). The van der Waals surface area contributed by atoms with Crippen molar-refractivity contribution in [3.05, 3.63) is 16.2 Å². The molecule has 0 amide bonds. The van der Waals surface area contributed by atoms with E-state index in [0.717, 1.165) is 6.07 Å². The molecule has 15 heavy (non-hydrogen) atoms. The summed E-state index contributed by atoms with van der Waals surface area (Å²) in [7, 11) is 1.34. The number of hydrogen-bond donors (Lipinski definition) is 1. The highest BCUT2D eigenvalue weighted by atomic mass is 16.6. The molecule has 0 spiro atoms. The molecular formula is C7H5N3O5. The van der Waals surface area contributed by atoms with Crippen molar-refractivity contribution in [2.24, 2.45) is 0 Å². The molecule has 1 aromatic heterocycles. The summed E-state index contributed by atoms with van der Waals surface area (Å²) >= 11 is 0. The van der Waals surface area contributed by atoms with Crippen molar-refractivity contribution < 1.29 is 19.4 Å². The van der Waals surface area contributed by atoms with E-state index in [2.05, 4.69) is 14.9 Å². The van der Waals surface area contributed by atoms with E-state index in [9.17, 15) is 15.2 Å². The zero-order chi connectivity index (χ0) is 11.0. The van der Waals surface area contributed by atoms with E-state index in [4.69, 9.17) is 4.74 Å². The number of nitrogens with zero attached hydrogens (tertiary/aromatic N) is 3. The lowest BCUT2D eigenvalue weighted by molar-refractivity contribution is -0.384. The number of ether oxygens (including phenoxy) is 1. The zero-order valence-corrected chi connectivity index (χ0v) is 7.50. The van der Waals surface area contributed by atoms with Gasteiger partial charge >= 0.3 is 5.69 Å². The molecule has 1 heterocycles. The fourth-order valence-corrected chi connectivity index (χ4v) is 1.22. The van der Waals surface area contributed by atoms with Gasteiger partial charge in [0.05, 0.1) is 12.0 Å². The normalized spacial score (nSPS) is 10.5. The Morgan fingerprint density at radius 2 is 2.20 bits per heavy atom. The molecule has 0 aliphatic carbocycles. The van der Waals surface area contributed by atoms with Crippen LogP contribution in [0.1, 0.15) is 0 Å². The Hall–Kier alpha value is -2.38. The molecule has 0 aliphatic heterocycles. The molecule has 0 saturated carbocycles. The molecule has 2 aromatic rings. The van der Waals surface area contributed by atoms with Gasteiger partial charge in [0, 0.05) is 6.07 Å². The summed E-state index contributed by atoms with van der Waals surface area (Å²) in [5.41, 5.74) is -0.592.